The topological polar surface area (TPSA) is 160 Å². The number of hydrogen-bond acceptors (Lipinski definition) is 10. The number of nitrogens with zero attached hydrogens (tertiary/aromatic N) is 3. The molecule has 3 aromatic rings. The summed E-state index contributed by atoms with van der Waals surface area (Å²) in [7, 11) is -4.09. The molecule has 0 unspecified atom stereocenters. The number of sulfonamides is 1. The third-order valence-electron chi connectivity index (χ3n) is 4.74. The quantitative estimate of drug-likeness (QED) is 0.168. The molecule has 37 heavy (non-hydrogen) atoms. The molecule has 0 fully saturated rings. The minimum Gasteiger partial charge on any atom is -0.489 e. The van der Waals surface area contributed by atoms with Crippen molar-refractivity contribution in [2.75, 3.05) is 25.1 Å². The summed E-state index contributed by atoms with van der Waals surface area (Å²) in [5.41, 5.74) is 0.142. The first-order valence-electron chi connectivity index (χ1n) is 11.3. The lowest BCUT2D eigenvalue weighted by Crippen LogP contribution is -2.47. The van der Waals surface area contributed by atoms with Gasteiger partial charge in [0.2, 0.25) is 5.95 Å². The molecule has 1 heterocycles. The number of ether oxygens (including phenoxy) is 2. The number of aliphatic hydroxyl groups excluding tert-OH is 1. The summed E-state index contributed by atoms with van der Waals surface area (Å²) < 4.78 is 36.0. The van der Waals surface area contributed by atoms with E-state index in [1.807, 2.05) is 0 Å². The molecule has 1 atom stereocenters. The number of aromatic nitrogens is 2. The number of hydrogen-bond donors (Lipinski definition) is 3. The van der Waals surface area contributed by atoms with E-state index in [9.17, 15) is 23.1 Å². The normalized spacial score (nSPS) is 11.8. The average Bonchev–Trinajstić information content (AvgIpc) is 2.91. The van der Waals surface area contributed by atoms with E-state index >= 15 is 0 Å². The van der Waals surface area contributed by atoms with Crippen LogP contribution in [0.1, 0.15) is 23.7 Å². The summed E-state index contributed by atoms with van der Waals surface area (Å²) >= 11 is 0. The second-order valence-corrected chi connectivity index (χ2v) is 9.15. The standard InChI is InChI=1S/C24H27N5O7S/c1-2-35-22(31)13-16-29(28-37(33,34)20-7-4-3-5-8-20)23(32)18-9-11-19(12-10-18)36-17-21(30)27-24-25-14-6-15-26-24/h3-12,14-15,21,28,30H,2,13,16-17H2,1H3,(H,25,26,27)/t21-/m0/s1. The van der Waals surface area contributed by atoms with Gasteiger partial charge in [0.25, 0.3) is 15.9 Å². The van der Waals surface area contributed by atoms with Gasteiger partial charge in [0.05, 0.1) is 17.9 Å². The first kappa shape index (κ1) is 27.5. The number of carbonyl (C=O) groups is 2. The fraction of sp³-hybridized carbons (Fsp3) is 0.250. The Hall–Kier alpha value is -4.07. The van der Waals surface area contributed by atoms with Crippen LogP contribution in [0.3, 0.4) is 0 Å². The van der Waals surface area contributed by atoms with Crippen molar-refractivity contribution in [1.29, 1.82) is 0 Å². The number of amides is 1. The van der Waals surface area contributed by atoms with Crippen molar-refractivity contribution in [1.82, 2.24) is 19.8 Å². The van der Waals surface area contributed by atoms with Gasteiger partial charge in [-0.05, 0) is 49.4 Å². The zero-order valence-corrected chi connectivity index (χ0v) is 20.8. The maximum absolute atomic E-state index is 13.1. The molecular formula is C24H27N5O7S. The second-order valence-electron chi connectivity index (χ2n) is 7.49. The van der Waals surface area contributed by atoms with E-state index in [4.69, 9.17) is 9.47 Å². The number of esters is 1. The van der Waals surface area contributed by atoms with Gasteiger partial charge in [0, 0.05) is 24.5 Å². The summed E-state index contributed by atoms with van der Waals surface area (Å²) in [6.07, 6.45) is 1.74. The van der Waals surface area contributed by atoms with Crippen LogP contribution in [0.25, 0.3) is 0 Å². The fourth-order valence-corrected chi connectivity index (χ4v) is 4.10. The first-order valence-corrected chi connectivity index (χ1v) is 12.8. The van der Waals surface area contributed by atoms with Gasteiger partial charge >= 0.3 is 5.97 Å². The number of anilines is 1. The molecule has 0 saturated heterocycles. The van der Waals surface area contributed by atoms with E-state index in [2.05, 4.69) is 20.1 Å². The van der Waals surface area contributed by atoms with E-state index in [1.165, 1.54) is 48.8 Å². The lowest BCUT2D eigenvalue weighted by atomic mass is 10.2. The summed E-state index contributed by atoms with van der Waals surface area (Å²) in [6.45, 7) is 1.43. The van der Waals surface area contributed by atoms with Crippen molar-refractivity contribution in [3.8, 4) is 5.75 Å². The lowest BCUT2D eigenvalue weighted by Gasteiger charge is -2.23. The van der Waals surface area contributed by atoms with Crippen molar-refractivity contribution in [2.45, 2.75) is 24.5 Å². The third-order valence-corrected chi connectivity index (χ3v) is 6.10. The molecule has 1 aromatic heterocycles. The van der Waals surface area contributed by atoms with E-state index in [-0.39, 0.29) is 42.6 Å². The van der Waals surface area contributed by atoms with Crippen molar-refractivity contribution in [3.05, 3.63) is 78.6 Å². The number of benzene rings is 2. The molecule has 3 N–H and O–H groups in total. The summed E-state index contributed by atoms with van der Waals surface area (Å²) in [5.74, 6) is -0.663. The molecule has 0 aliphatic carbocycles. The number of nitrogens with one attached hydrogen (secondary N) is 2. The molecular weight excluding hydrogens is 502 g/mol. The lowest BCUT2D eigenvalue weighted by molar-refractivity contribution is -0.143. The Bertz CT molecular complexity index is 1260. The van der Waals surface area contributed by atoms with Gasteiger partial charge in [-0.2, -0.15) is 0 Å². The largest absolute Gasteiger partial charge is 0.489 e. The van der Waals surface area contributed by atoms with Crippen LogP contribution >= 0.6 is 0 Å². The highest BCUT2D eigenvalue weighted by Gasteiger charge is 2.24. The molecule has 2 aromatic carbocycles. The van der Waals surface area contributed by atoms with Crippen molar-refractivity contribution >= 4 is 27.8 Å². The van der Waals surface area contributed by atoms with Gasteiger partial charge in [-0.1, -0.05) is 18.2 Å². The Balaban J connectivity index is 1.66. The minimum atomic E-state index is -4.09. The molecule has 12 nitrogen and oxygen atoms in total. The van der Waals surface area contributed by atoms with Gasteiger partial charge < -0.3 is 19.9 Å². The van der Waals surface area contributed by atoms with Gasteiger partial charge in [-0.15, -0.1) is 4.83 Å². The van der Waals surface area contributed by atoms with Gasteiger partial charge in [0.15, 0.2) is 6.23 Å². The average molecular weight is 530 g/mol. The van der Waals surface area contributed by atoms with Crippen molar-refractivity contribution in [3.63, 3.8) is 0 Å². The summed E-state index contributed by atoms with van der Waals surface area (Å²) in [5, 5.41) is 13.6. The number of aliphatic hydroxyl groups is 1. The van der Waals surface area contributed by atoms with Crippen LogP contribution in [0, 0.1) is 0 Å². The van der Waals surface area contributed by atoms with E-state index < -0.39 is 28.1 Å². The summed E-state index contributed by atoms with van der Waals surface area (Å²) in [4.78, 5) is 35.1. The smallest absolute Gasteiger partial charge is 0.307 e. The highest BCUT2D eigenvalue weighted by atomic mass is 32.2. The zero-order valence-electron chi connectivity index (χ0n) is 20.0. The molecule has 0 spiro atoms. The van der Waals surface area contributed by atoms with Crippen LogP contribution in [-0.2, 0) is 19.6 Å². The molecule has 0 bridgehead atoms. The Morgan fingerprint density at radius 2 is 1.70 bits per heavy atom. The molecule has 3 rings (SSSR count). The Labute approximate surface area is 214 Å². The van der Waals surface area contributed by atoms with E-state index in [1.54, 1.807) is 31.2 Å². The maximum atomic E-state index is 13.1. The number of carbonyl (C=O) groups excluding carboxylic acids is 2. The second kappa shape index (κ2) is 13.3. The molecule has 13 heteroatoms. The monoisotopic (exact) mass is 529 g/mol. The predicted octanol–water partition coefficient (Wildman–Crippen LogP) is 1.57. The minimum absolute atomic E-state index is 0.0410. The van der Waals surface area contributed by atoms with Crippen LogP contribution in [0.4, 0.5) is 5.95 Å². The van der Waals surface area contributed by atoms with Crippen LogP contribution < -0.4 is 14.9 Å². The van der Waals surface area contributed by atoms with Crippen molar-refractivity contribution < 1.29 is 32.6 Å². The molecule has 0 radical (unpaired) electrons. The Kier molecular flexibility index (Phi) is 9.89. The SMILES string of the molecule is CCOC(=O)CCN(NS(=O)(=O)c1ccccc1)C(=O)c1ccc(OC[C@H](O)Nc2ncccn2)cc1. The van der Waals surface area contributed by atoms with E-state index in [0.717, 1.165) is 5.01 Å². The molecule has 196 valence electrons. The van der Waals surface area contributed by atoms with Crippen LogP contribution in [-0.4, -0.2) is 66.4 Å². The number of rotatable bonds is 13. The van der Waals surface area contributed by atoms with Gasteiger partial charge in [0.1, 0.15) is 12.4 Å². The highest BCUT2D eigenvalue weighted by Crippen LogP contribution is 2.16. The number of hydrazine groups is 1. The molecule has 0 aliphatic rings. The Morgan fingerprint density at radius 3 is 2.35 bits per heavy atom. The molecule has 0 saturated carbocycles. The Morgan fingerprint density at radius 1 is 1.03 bits per heavy atom. The zero-order chi connectivity index (χ0) is 26.7. The fourth-order valence-electron chi connectivity index (χ4n) is 3.01. The van der Waals surface area contributed by atoms with Gasteiger partial charge in [-0.3, -0.25) is 14.6 Å². The summed E-state index contributed by atoms with van der Waals surface area (Å²) in [6, 6.07) is 15.0. The molecule has 0 aliphatic heterocycles. The van der Waals surface area contributed by atoms with E-state index in [0.29, 0.717) is 5.75 Å². The maximum Gasteiger partial charge on any atom is 0.307 e. The van der Waals surface area contributed by atoms with Crippen LogP contribution in [0.2, 0.25) is 0 Å². The first-order chi connectivity index (χ1) is 17.8. The van der Waals surface area contributed by atoms with Crippen molar-refractivity contribution in [2.24, 2.45) is 0 Å². The van der Waals surface area contributed by atoms with Gasteiger partial charge in [-0.25, -0.2) is 18.4 Å². The molecule has 1 amide bonds. The predicted molar refractivity (Wildman–Crippen MR) is 133 cm³/mol. The van der Waals surface area contributed by atoms with Crippen LogP contribution in [0.15, 0.2) is 78.0 Å². The third kappa shape index (κ3) is 8.52. The highest BCUT2D eigenvalue weighted by molar-refractivity contribution is 7.89. The van der Waals surface area contributed by atoms with Crippen LogP contribution in [0.5, 0.6) is 5.75 Å².